The van der Waals surface area contributed by atoms with E-state index in [2.05, 4.69) is 36.2 Å². The highest BCUT2D eigenvalue weighted by molar-refractivity contribution is 5.75. The van der Waals surface area contributed by atoms with Gasteiger partial charge in [0.05, 0.1) is 6.04 Å². The van der Waals surface area contributed by atoms with Gasteiger partial charge in [-0.15, -0.1) is 0 Å². The number of hydrogen-bond acceptors (Lipinski definition) is 3. The first-order valence-electron chi connectivity index (χ1n) is 8.36. The molecule has 0 fully saturated rings. The normalized spacial score (nSPS) is 12.1. The van der Waals surface area contributed by atoms with E-state index in [1.54, 1.807) is 18.3 Å². The molecule has 0 aliphatic rings. The van der Waals surface area contributed by atoms with Crippen LogP contribution in [0.4, 0.5) is 0 Å². The molecule has 5 heteroatoms. The quantitative estimate of drug-likeness (QED) is 0.807. The molecule has 2 aromatic rings. The second-order valence-corrected chi connectivity index (χ2v) is 5.62. The van der Waals surface area contributed by atoms with E-state index in [1.807, 2.05) is 18.2 Å². The number of benzene rings is 1. The predicted octanol–water partition coefficient (Wildman–Crippen LogP) is 2.05. The van der Waals surface area contributed by atoms with Crippen molar-refractivity contribution in [3.05, 3.63) is 70.6 Å². The molecule has 1 N–H and O–H groups in total. The minimum atomic E-state index is -0.170. The molecule has 2 rings (SSSR count). The van der Waals surface area contributed by atoms with Crippen LogP contribution in [-0.2, 0) is 11.3 Å². The fraction of sp³-hybridized carbons (Fsp3) is 0.368. The molecule has 0 bridgehead atoms. The zero-order valence-electron chi connectivity index (χ0n) is 14.3. The lowest BCUT2D eigenvalue weighted by atomic mass is 10.1. The predicted molar refractivity (Wildman–Crippen MR) is 95.8 cm³/mol. The van der Waals surface area contributed by atoms with Gasteiger partial charge in [-0.25, -0.2) is 0 Å². The van der Waals surface area contributed by atoms with Crippen molar-refractivity contribution in [2.75, 3.05) is 19.6 Å². The molecule has 0 aliphatic carbocycles. The van der Waals surface area contributed by atoms with Gasteiger partial charge in [-0.05, 0) is 24.7 Å². The molecular weight excluding hydrogens is 302 g/mol. The van der Waals surface area contributed by atoms with Crippen LogP contribution in [0, 0.1) is 0 Å². The highest BCUT2D eigenvalue weighted by atomic mass is 16.2. The Labute approximate surface area is 142 Å². The minimum absolute atomic E-state index is 0.0411. The standard InChI is InChI=1S/C19H25N3O2/c1-3-21(4-2)17(16-10-6-5-7-11-16)14-20-18(23)15-22-13-9-8-12-19(22)24/h5-13,17H,3-4,14-15H2,1-2H3,(H,20,23)/t17-/m0/s1. The van der Waals surface area contributed by atoms with Crippen LogP contribution in [0.2, 0.25) is 0 Å². The Bertz CT molecular complexity index is 693. The Kier molecular flexibility index (Phi) is 6.75. The molecule has 0 aliphatic heterocycles. The third kappa shape index (κ3) is 4.80. The zero-order valence-corrected chi connectivity index (χ0v) is 14.3. The van der Waals surface area contributed by atoms with Crippen LogP contribution < -0.4 is 10.9 Å². The van der Waals surface area contributed by atoms with Crippen LogP contribution in [0.3, 0.4) is 0 Å². The monoisotopic (exact) mass is 327 g/mol. The summed E-state index contributed by atoms with van der Waals surface area (Å²) in [4.78, 5) is 26.2. The van der Waals surface area contributed by atoms with Crippen molar-refractivity contribution in [1.29, 1.82) is 0 Å². The lowest BCUT2D eigenvalue weighted by molar-refractivity contribution is -0.122. The maximum absolute atomic E-state index is 12.2. The third-order valence-corrected chi connectivity index (χ3v) is 4.14. The van der Waals surface area contributed by atoms with Gasteiger partial charge in [0.25, 0.3) is 5.56 Å². The molecule has 1 aromatic carbocycles. The number of nitrogens with one attached hydrogen (secondary N) is 1. The third-order valence-electron chi connectivity index (χ3n) is 4.14. The lowest BCUT2D eigenvalue weighted by Crippen LogP contribution is -2.40. The van der Waals surface area contributed by atoms with Crippen molar-refractivity contribution in [2.45, 2.75) is 26.4 Å². The average molecular weight is 327 g/mol. The fourth-order valence-electron chi connectivity index (χ4n) is 2.81. The Balaban J connectivity index is 2.03. The fourth-order valence-corrected chi connectivity index (χ4v) is 2.81. The van der Waals surface area contributed by atoms with Crippen molar-refractivity contribution in [3.8, 4) is 0 Å². The molecule has 0 spiro atoms. The Morgan fingerprint density at radius 3 is 2.38 bits per heavy atom. The van der Waals surface area contributed by atoms with Crippen molar-refractivity contribution < 1.29 is 4.79 Å². The molecule has 5 nitrogen and oxygen atoms in total. The van der Waals surface area contributed by atoms with Gasteiger partial charge >= 0.3 is 0 Å². The van der Waals surface area contributed by atoms with Crippen LogP contribution in [0.25, 0.3) is 0 Å². The summed E-state index contributed by atoms with van der Waals surface area (Å²) in [5.41, 5.74) is 1.01. The van der Waals surface area contributed by atoms with Crippen molar-refractivity contribution >= 4 is 5.91 Å². The second kappa shape index (κ2) is 9.03. The van der Waals surface area contributed by atoms with Crippen molar-refractivity contribution in [3.63, 3.8) is 0 Å². The number of nitrogens with zero attached hydrogens (tertiary/aromatic N) is 2. The maximum Gasteiger partial charge on any atom is 0.250 e. The number of pyridine rings is 1. The van der Waals surface area contributed by atoms with E-state index in [-0.39, 0.29) is 24.1 Å². The van der Waals surface area contributed by atoms with E-state index in [0.29, 0.717) is 6.54 Å². The summed E-state index contributed by atoms with van der Waals surface area (Å²) < 4.78 is 1.41. The van der Waals surface area contributed by atoms with Crippen molar-refractivity contribution in [1.82, 2.24) is 14.8 Å². The number of carbonyl (C=O) groups excluding carboxylic acids is 1. The van der Waals surface area contributed by atoms with Crippen LogP contribution in [-0.4, -0.2) is 35.0 Å². The average Bonchev–Trinajstić information content (AvgIpc) is 2.61. The van der Waals surface area contributed by atoms with E-state index in [1.165, 1.54) is 16.2 Å². The van der Waals surface area contributed by atoms with Gasteiger partial charge in [-0.2, -0.15) is 0 Å². The van der Waals surface area contributed by atoms with Gasteiger partial charge < -0.3 is 9.88 Å². The molecule has 0 saturated carbocycles. The summed E-state index contributed by atoms with van der Waals surface area (Å²) in [7, 11) is 0. The maximum atomic E-state index is 12.2. The molecular formula is C19H25N3O2. The number of aromatic nitrogens is 1. The molecule has 0 saturated heterocycles. The zero-order chi connectivity index (χ0) is 17.4. The molecule has 0 radical (unpaired) electrons. The van der Waals surface area contributed by atoms with Crippen LogP contribution >= 0.6 is 0 Å². The highest BCUT2D eigenvalue weighted by Crippen LogP contribution is 2.19. The number of carbonyl (C=O) groups is 1. The summed E-state index contributed by atoms with van der Waals surface area (Å²) >= 11 is 0. The SMILES string of the molecule is CCN(CC)[C@@H](CNC(=O)Cn1ccccc1=O)c1ccccc1. The smallest absolute Gasteiger partial charge is 0.250 e. The lowest BCUT2D eigenvalue weighted by Gasteiger charge is -2.30. The van der Waals surface area contributed by atoms with E-state index >= 15 is 0 Å². The van der Waals surface area contributed by atoms with E-state index < -0.39 is 0 Å². The van der Waals surface area contributed by atoms with Gasteiger partial charge in [-0.1, -0.05) is 50.2 Å². The molecule has 128 valence electrons. The van der Waals surface area contributed by atoms with Gasteiger partial charge in [0.2, 0.25) is 5.91 Å². The molecule has 1 heterocycles. The van der Waals surface area contributed by atoms with Gasteiger partial charge in [-0.3, -0.25) is 14.5 Å². The summed E-state index contributed by atoms with van der Waals surface area (Å²) in [5.74, 6) is -0.156. The molecule has 1 aromatic heterocycles. The number of amides is 1. The number of rotatable bonds is 8. The van der Waals surface area contributed by atoms with E-state index in [9.17, 15) is 9.59 Å². The summed E-state index contributed by atoms with van der Waals surface area (Å²) in [6.45, 7) is 6.61. The topological polar surface area (TPSA) is 54.3 Å². The van der Waals surface area contributed by atoms with Gasteiger partial charge in [0.1, 0.15) is 6.54 Å². The van der Waals surface area contributed by atoms with Crippen LogP contribution in [0.15, 0.2) is 59.5 Å². The largest absolute Gasteiger partial charge is 0.353 e. The van der Waals surface area contributed by atoms with E-state index in [0.717, 1.165) is 13.1 Å². The molecule has 1 amide bonds. The van der Waals surface area contributed by atoms with Crippen LogP contribution in [0.5, 0.6) is 0 Å². The first kappa shape index (κ1) is 17.9. The van der Waals surface area contributed by atoms with Gasteiger partial charge in [0, 0.05) is 18.8 Å². The summed E-state index contributed by atoms with van der Waals surface area (Å²) in [5, 5.41) is 2.97. The summed E-state index contributed by atoms with van der Waals surface area (Å²) in [6, 6.07) is 15.2. The van der Waals surface area contributed by atoms with Gasteiger partial charge in [0.15, 0.2) is 0 Å². The molecule has 0 unspecified atom stereocenters. The van der Waals surface area contributed by atoms with E-state index in [4.69, 9.17) is 0 Å². The Hall–Kier alpha value is -2.40. The highest BCUT2D eigenvalue weighted by Gasteiger charge is 2.18. The second-order valence-electron chi connectivity index (χ2n) is 5.62. The molecule has 24 heavy (non-hydrogen) atoms. The van der Waals surface area contributed by atoms with Crippen molar-refractivity contribution in [2.24, 2.45) is 0 Å². The number of likely N-dealkylation sites (N-methyl/N-ethyl adjacent to an activating group) is 1. The summed E-state index contributed by atoms with van der Waals surface area (Å²) in [6.07, 6.45) is 1.63. The first-order chi connectivity index (χ1) is 11.7. The molecule has 1 atom stereocenters. The first-order valence-corrected chi connectivity index (χ1v) is 8.36. The number of hydrogen-bond donors (Lipinski definition) is 1. The Morgan fingerprint density at radius 1 is 1.08 bits per heavy atom. The minimum Gasteiger partial charge on any atom is -0.353 e. The van der Waals surface area contributed by atoms with Crippen LogP contribution in [0.1, 0.15) is 25.5 Å². The Morgan fingerprint density at radius 2 is 1.75 bits per heavy atom.